The maximum atomic E-state index is 12.0. The quantitative estimate of drug-likeness (QED) is 0.846. The first-order valence-electron chi connectivity index (χ1n) is 6.48. The molecule has 0 bridgehead atoms. The van der Waals surface area contributed by atoms with E-state index in [0.717, 1.165) is 23.5 Å². The van der Waals surface area contributed by atoms with Gasteiger partial charge in [0, 0.05) is 6.54 Å². The molecule has 1 aromatic carbocycles. The van der Waals surface area contributed by atoms with Gasteiger partial charge < -0.3 is 20.5 Å². The van der Waals surface area contributed by atoms with Crippen LogP contribution in [-0.4, -0.2) is 18.2 Å². The van der Waals surface area contributed by atoms with E-state index in [1.54, 1.807) is 6.92 Å². The fourth-order valence-corrected chi connectivity index (χ4v) is 2.07. The molecule has 5 nitrogen and oxygen atoms in total. The van der Waals surface area contributed by atoms with Crippen LogP contribution in [0.15, 0.2) is 18.2 Å². The van der Waals surface area contributed by atoms with Gasteiger partial charge in [0.15, 0.2) is 11.5 Å². The van der Waals surface area contributed by atoms with Crippen LogP contribution in [0.25, 0.3) is 0 Å². The summed E-state index contributed by atoms with van der Waals surface area (Å²) in [6, 6.07) is 5.62. The first-order valence-corrected chi connectivity index (χ1v) is 6.48. The van der Waals surface area contributed by atoms with Crippen molar-refractivity contribution in [2.24, 2.45) is 5.73 Å². The zero-order valence-electron chi connectivity index (χ0n) is 11.4. The van der Waals surface area contributed by atoms with Gasteiger partial charge in [-0.25, -0.2) is 0 Å². The molecule has 1 aromatic rings. The molecule has 0 radical (unpaired) electrons. The van der Waals surface area contributed by atoms with Gasteiger partial charge in [0.1, 0.15) is 0 Å². The molecule has 19 heavy (non-hydrogen) atoms. The molecule has 0 aromatic heterocycles. The zero-order chi connectivity index (χ0) is 13.9. The van der Waals surface area contributed by atoms with E-state index in [4.69, 9.17) is 15.2 Å². The third-order valence-corrected chi connectivity index (χ3v) is 3.18. The SMILES string of the molecule is CCCC(C)(N)C(=O)NCc1ccc2c(c1)OCO2. The van der Waals surface area contributed by atoms with E-state index in [0.29, 0.717) is 13.0 Å². The van der Waals surface area contributed by atoms with Crippen LogP contribution in [0.3, 0.4) is 0 Å². The van der Waals surface area contributed by atoms with Crippen molar-refractivity contribution >= 4 is 5.91 Å². The average Bonchev–Trinajstić information content (AvgIpc) is 2.83. The van der Waals surface area contributed by atoms with Crippen LogP contribution in [-0.2, 0) is 11.3 Å². The largest absolute Gasteiger partial charge is 0.454 e. The minimum absolute atomic E-state index is 0.132. The van der Waals surface area contributed by atoms with Crippen molar-refractivity contribution in [1.82, 2.24) is 5.32 Å². The summed E-state index contributed by atoms with van der Waals surface area (Å²) in [6.07, 6.45) is 1.55. The van der Waals surface area contributed by atoms with E-state index >= 15 is 0 Å². The predicted molar refractivity (Wildman–Crippen MR) is 71.9 cm³/mol. The van der Waals surface area contributed by atoms with Crippen LogP contribution < -0.4 is 20.5 Å². The fraction of sp³-hybridized carbons (Fsp3) is 0.500. The Balaban J connectivity index is 1.94. The lowest BCUT2D eigenvalue weighted by molar-refractivity contribution is -0.126. The van der Waals surface area contributed by atoms with Gasteiger partial charge in [-0.3, -0.25) is 4.79 Å². The van der Waals surface area contributed by atoms with Crippen molar-refractivity contribution < 1.29 is 14.3 Å². The van der Waals surface area contributed by atoms with Gasteiger partial charge in [-0.15, -0.1) is 0 Å². The lowest BCUT2D eigenvalue weighted by Crippen LogP contribution is -2.51. The Hall–Kier alpha value is -1.75. The summed E-state index contributed by atoms with van der Waals surface area (Å²) in [5, 5.41) is 2.85. The van der Waals surface area contributed by atoms with Crippen molar-refractivity contribution in [3.05, 3.63) is 23.8 Å². The first-order chi connectivity index (χ1) is 9.03. The fourth-order valence-electron chi connectivity index (χ4n) is 2.07. The molecule has 1 atom stereocenters. The number of ether oxygens (including phenoxy) is 2. The van der Waals surface area contributed by atoms with Crippen LogP contribution in [0.2, 0.25) is 0 Å². The Bertz CT molecular complexity index is 472. The maximum absolute atomic E-state index is 12.0. The van der Waals surface area contributed by atoms with Crippen LogP contribution >= 0.6 is 0 Å². The second-order valence-corrected chi connectivity index (χ2v) is 5.04. The molecule has 0 fully saturated rings. The molecular formula is C14H20N2O3. The van der Waals surface area contributed by atoms with Crippen molar-refractivity contribution in [3.8, 4) is 11.5 Å². The Morgan fingerprint density at radius 2 is 2.16 bits per heavy atom. The average molecular weight is 264 g/mol. The van der Waals surface area contributed by atoms with E-state index in [1.807, 2.05) is 25.1 Å². The van der Waals surface area contributed by atoms with Crippen LogP contribution in [0, 0.1) is 0 Å². The van der Waals surface area contributed by atoms with Gasteiger partial charge in [-0.1, -0.05) is 19.4 Å². The Morgan fingerprint density at radius 3 is 2.89 bits per heavy atom. The van der Waals surface area contributed by atoms with Crippen LogP contribution in [0.4, 0.5) is 0 Å². The summed E-state index contributed by atoms with van der Waals surface area (Å²) in [5.41, 5.74) is 6.12. The highest BCUT2D eigenvalue weighted by Gasteiger charge is 2.26. The normalized spacial score (nSPS) is 15.9. The van der Waals surface area contributed by atoms with Gasteiger partial charge in [0.2, 0.25) is 12.7 Å². The smallest absolute Gasteiger partial charge is 0.240 e. The second kappa shape index (κ2) is 5.48. The number of nitrogens with one attached hydrogen (secondary N) is 1. The van der Waals surface area contributed by atoms with Crippen LogP contribution in [0.1, 0.15) is 32.3 Å². The van der Waals surface area contributed by atoms with Crippen molar-refractivity contribution in [3.63, 3.8) is 0 Å². The molecule has 1 heterocycles. The third kappa shape index (κ3) is 3.17. The summed E-state index contributed by atoms with van der Waals surface area (Å²) in [7, 11) is 0. The molecule has 0 aliphatic carbocycles. The highest BCUT2D eigenvalue weighted by Crippen LogP contribution is 2.32. The number of carbonyl (C=O) groups is 1. The number of fused-ring (bicyclic) bond motifs is 1. The van der Waals surface area contributed by atoms with E-state index in [-0.39, 0.29) is 12.7 Å². The number of hydrogen-bond acceptors (Lipinski definition) is 4. The van der Waals surface area contributed by atoms with Crippen LogP contribution in [0.5, 0.6) is 11.5 Å². The number of carbonyl (C=O) groups excluding carboxylic acids is 1. The molecule has 1 aliphatic rings. The monoisotopic (exact) mass is 264 g/mol. The summed E-state index contributed by atoms with van der Waals surface area (Å²) < 4.78 is 10.5. The van der Waals surface area contributed by atoms with Crippen molar-refractivity contribution in [2.75, 3.05) is 6.79 Å². The lowest BCUT2D eigenvalue weighted by Gasteiger charge is -2.22. The number of hydrogen-bond donors (Lipinski definition) is 2. The molecule has 2 rings (SSSR count). The topological polar surface area (TPSA) is 73.6 Å². The van der Waals surface area contributed by atoms with E-state index in [9.17, 15) is 4.79 Å². The number of benzene rings is 1. The minimum atomic E-state index is -0.814. The lowest BCUT2D eigenvalue weighted by atomic mass is 9.96. The Kier molecular flexibility index (Phi) is 3.95. The standard InChI is InChI=1S/C14H20N2O3/c1-3-6-14(2,15)13(17)16-8-10-4-5-11-12(7-10)19-9-18-11/h4-5,7H,3,6,8-9,15H2,1-2H3,(H,16,17). The molecule has 1 aliphatic heterocycles. The van der Waals surface area contributed by atoms with Gasteiger partial charge in [0.25, 0.3) is 0 Å². The highest BCUT2D eigenvalue weighted by atomic mass is 16.7. The van der Waals surface area contributed by atoms with Gasteiger partial charge in [-0.2, -0.15) is 0 Å². The summed E-state index contributed by atoms with van der Waals surface area (Å²) in [5.74, 6) is 1.33. The molecule has 0 saturated carbocycles. The molecule has 5 heteroatoms. The highest BCUT2D eigenvalue weighted by molar-refractivity contribution is 5.85. The number of nitrogens with two attached hydrogens (primary N) is 1. The van der Waals surface area contributed by atoms with Gasteiger partial charge in [-0.05, 0) is 31.0 Å². The molecule has 0 saturated heterocycles. The first kappa shape index (κ1) is 13.7. The summed E-state index contributed by atoms with van der Waals surface area (Å²) in [4.78, 5) is 12.0. The molecule has 3 N–H and O–H groups in total. The molecular weight excluding hydrogens is 244 g/mol. The third-order valence-electron chi connectivity index (χ3n) is 3.18. The maximum Gasteiger partial charge on any atom is 0.240 e. The number of rotatable bonds is 5. The van der Waals surface area contributed by atoms with Crippen molar-refractivity contribution in [1.29, 1.82) is 0 Å². The Morgan fingerprint density at radius 1 is 1.42 bits per heavy atom. The van der Waals surface area contributed by atoms with Gasteiger partial charge in [0.05, 0.1) is 5.54 Å². The molecule has 1 amide bonds. The number of amides is 1. The van der Waals surface area contributed by atoms with Gasteiger partial charge >= 0.3 is 0 Å². The molecule has 104 valence electrons. The predicted octanol–water partition coefficient (Wildman–Crippen LogP) is 1.55. The zero-order valence-corrected chi connectivity index (χ0v) is 11.4. The minimum Gasteiger partial charge on any atom is -0.454 e. The van der Waals surface area contributed by atoms with E-state index < -0.39 is 5.54 Å². The summed E-state index contributed by atoms with van der Waals surface area (Å²) in [6.45, 7) is 4.45. The second-order valence-electron chi connectivity index (χ2n) is 5.04. The Labute approximate surface area is 113 Å². The van der Waals surface area contributed by atoms with E-state index in [2.05, 4.69) is 5.32 Å². The molecule has 0 spiro atoms. The van der Waals surface area contributed by atoms with Crippen molar-refractivity contribution in [2.45, 2.75) is 38.8 Å². The summed E-state index contributed by atoms with van der Waals surface area (Å²) >= 11 is 0. The molecule has 1 unspecified atom stereocenters. The van der Waals surface area contributed by atoms with E-state index in [1.165, 1.54) is 0 Å².